The van der Waals surface area contributed by atoms with Gasteiger partial charge >= 0.3 is 0 Å². The van der Waals surface area contributed by atoms with Crippen molar-refractivity contribution >= 4 is 40.3 Å². The van der Waals surface area contributed by atoms with Gasteiger partial charge in [-0.2, -0.15) is 5.26 Å². The third-order valence-corrected chi connectivity index (χ3v) is 5.56. The lowest BCUT2D eigenvalue weighted by Crippen LogP contribution is -2.13. The molecule has 0 unspecified atom stereocenters. The molecule has 0 saturated carbocycles. The van der Waals surface area contributed by atoms with Crippen molar-refractivity contribution < 1.29 is 23.4 Å². The fourth-order valence-corrected chi connectivity index (χ4v) is 3.94. The van der Waals surface area contributed by atoms with Crippen LogP contribution in [-0.2, 0) is 11.4 Å². The Labute approximate surface area is 217 Å². The van der Waals surface area contributed by atoms with Crippen LogP contribution in [0.1, 0.15) is 25.0 Å². The monoisotopic (exact) mass is 586 g/mol. The Morgan fingerprint density at radius 1 is 1.06 bits per heavy atom. The molecule has 3 aromatic carbocycles. The van der Waals surface area contributed by atoms with E-state index in [0.29, 0.717) is 50.8 Å². The maximum Gasteiger partial charge on any atom is 0.266 e. The molecule has 0 aliphatic rings. The topological polar surface area (TPSA) is 80.6 Å². The summed E-state index contributed by atoms with van der Waals surface area (Å²) >= 11 is 2.08. The molecule has 6 nitrogen and oxygen atoms in total. The lowest BCUT2D eigenvalue weighted by Gasteiger charge is -2.15. The maximum atomic E-state index is 14.0. The van der Waals surface area contributed by atoms with Gasteiger partial charge in [-0.05, 0) is 90.5 Å². The summed E-state index contributed by atoms with van der Waals surface area (Å²) in [5, 5.41) is 12.3. The summed E-state index contributed by atoms with van der Waals surface area (Å²) in [6.07, 6.45) is 1.48. The van der Waals surface area contributed by atoms with Crippen LogP contribution in [0.5, 0.6) is 17.2 Å². The molecule has 8 heteroatoms. The largest absolute Gasteiger partial charge is 0.494 e. The molecule has 0 aromatic heterocycles. The van der Waals surface area contributed by atoms with E-state index in [4.69, 9.17) is 14.2 Å². The fourth-order valence-electron chi connectivity index (χ4n) is 3.15. The first-order valence-corrected chi connectivity index (χ1v) is 12.0. The van der Waals surface area contributed by atoms with E-state index in [-0.39, 0.29) is 18.0 Å². The van der Waals surface area contributed by atoms with Crippen molar-refractivity contribution in [1.82, 2.24) is 0 Å². The lowest BCUT2D eigenvalue weighted by molar-refractivity contribution is -0.112. The van der Waals surface area contributed by atoms with Crippen molar-refractivity contribution in [2.75, 3.05) is 18.5 Å². The van der Waals surface area contributed by atoms with Crippen LogP contribution in [0.15, 0.2) is 66.2 Å². The zero-order chi connectivity index (χ0) is 25.2. The van der Waals surface area contributed by atoms with E-state index in [2.05, 4.69) is 27.9 Å². The van der Waals surface area contributed by atoms with Gasteiger partial charge in [0.05, 0.1) is 16.8 Å². The first-order chi connectivity index (χ1) is 16.9. The van der Waals surface area contributed by atoms with Crippen molar-refractivity contribution in [3.05, 3.63) is 86.8 Å². The third-order valence-electron chi connectivity index (χ3n) is 4.76. The Bertz CT molecular complexity index is 1250. The fraction of sp³-hybridized carbons (Fsp3) is 0.185. The molecule has 1 N–H and O–H groups in total. The average Bonchev–Trinajstić information content (AvgIpc) is 2.84. The number of nitrogens with zero attached hydrogens (tertiary/aromatic N) is 1. The molecule has 0 fully saturated rings. The highest BCUT2D eigenvalue weighted by molar-refractivity contribution is 14.1. The Morgan fingerprint density at radius 3 is 2.43 bits per heavy atom. The van der Waals surface area contributed by atoms with Crippen molar-refractivity contribution in [2.24, 2.45) is 0 Å². The first kappa shape index (κ1) is 26.0. The van der Waals surface area contributed by atoms with Gasteiger partial charge in [-0.25, -0.2) is 4.39 Å². The second kappa shape index (κ2) is 12.8. The second-order valence-corrected chi connectivity index (χ2v) is 8.39. The molecule has 3 rings (SSSR count). The highest BCUT2D eigenvalue weighted by Crippen LogP contribution is 2.35. The Hall–Kier alpha value is -3.58. The molecule has 35 heavy (non-hydrogen) atoms. The van der Waals surface area contributed by atoms with Gasteiger partial charge in [0.25, 0.3) is 5.91 Å². The van der Waals surface area contributed by atoms with Crippen LogP contribution < -0.4 is 19.5 Å². The summed E-state index contributed by atoms with van der Waals surface area (Å²) in [4.78, 5) is 12.7. The molecule has 0 atom stereocenters. The van der Waals surface area contributed by atoms with E-state index in [0.717, 1.165) is 0 Å². The number of benzene rings is 3. The second-order valence-electron chi connectivity index (χ2n) is 7.22. The number of hydrogen-bond acceptors (Lipinski definition) is 5. The molecule has 0 spiro atoms. The molecule has 0 radical (unpaired) electrons. The molecule has 0 heterocycles. The van der Waals surface area contributed by atoms with Crippen LogP contribution in [0.3, 0.4) is 0 Å². The Balaban J connectivity index is 1.81. The van der Waals surface area contributed by atoms with Gasteiger partial charge in [-0.3, -0.25) is 4.79 Å². The molecular formula is C27H24FIN2O4. The van der Waals surface area contributed by atoms with Crippen molar-refractivity contribution in [3.8, 4) is 23.3 Å². The number of carbonyl (C=O) groups excluding carboxylic acids is 1. The standard InChI is InChI=1S/C27H24FIN2O4/c1-3-33-22-11-9-21(10-12-22)31-27(32)20(16-30)13-18-14-24(29)26(25(15-18)34-4-2)35-17-19-7-5-6-8-23(19)28/h5-15H,3-4,17H2,1-2H3,(H,31,32)/b20-13+. The summed E-state index contributed by atoms with van der Waals surface area (Å²) in [6, 6.07) is 18.7. The number of halogens is 2. The van der Waals surface area contributed by atoms with E-state index in [9.17, 15) is 14.4 Å². The van der Waals surface area contributed by atoms with Crippen molar-refractivity contribution in [3.63, 3.8) is 0 Å². The minimum Gasteiger partial charge on any atom is -0.494 e. The lowest BCUT2D eigenvalue weighted by atomic mass is 10.1. The quantitative estimate of drug-likeness (QED) is 0.170. The number of nitriles is 1. The number of rotatable bonds is 10. The highest BCUT2D eigenvalue weighted by atomic mass is 127. The van der Waals surface area contributed by atoms with E-state index in [1.807, 2.05) is 19.9 Å². The average molecular weight is 586 g/mol. The molecule has 1 amide bonds. The van der Waals surface area contributed by atoms with E-state index in [1.165, 1.54) is 12.1 Å². The van der Waals surface area contributed by atoms with E-state index >= 15 is 0 Å². The number of carbonyl (C=O) groups is 1. The summed E-state index contributed by atoms with van der Waals surface area (Å²) in [5.74, 6) is 0.704. The molecule has 0 bridgehead atoms. The molecule has 180 valence electrons. The molecule has 0 saturated heterocycles. The van der Waals surface area contributed by atoms with Gasteiger partial charge in [0.2, 0.25) is 0 Å². The van der Waals surface area contributed by atoms with Crippen LogP contribution in [0, 0.1) is 20.7 Å². The normalized spacial score (nSPS) is 10.9. The van der Waals surface area contributed by atoms with E-state index in [1.54, 1.807) is 54.6 Å². The van der Waals surface area contributed by atoms with Crippen LogP contribution in [0.4, 0.5) is 10.1 Å². The number of nitrogens with one attached hydrogen (secondary N) is 1. The summed E-state index contributed by atoms with van der Waals surface area (Å²) < 4.78 is 31.7. The SMILES string of the molecule is CCOc1ccc(NC(=O)/C(C#N)=C/c2cc(I)c(OCc3ccccc3F)c(OCC)c2)cc1. The number of anilines is 1. The van der Waals surface area contributed by atoms with Gasteiger partial charge in [0.1, 0.15) is 29.8 Å². The molecule has 3 aromatic rings. The summed E-state index contributed by atoms with van der Waals surface area (Å²) in [7, 11) is 0. The van der Waals surface area contributed by atoms with Gasteiger partial charge in [-0.15, -0.1) is 0 Å². The third kappa shape index (κ3) is 7.20. The minimum atomic E-state index is -0.537. The number of ether oxygens (including phenoxy) is 3. The smallest absolute Gasteiger partial charge is 0.266 e. The Morgan fingerprint density at radius 2 is 1.77 bits per heavy atom. The van der Waals surface area contributed by atoms with Crippen LogP contribution in [0.2, 0.25) is 0 Å². The molecule has 0 aliphatic heterocycles. The highest BCUT2D eigenvalue weighted by Gasteiger charge is 2.15. The maximum absolute atomic E-state index is 14.0. The van der Waals surface area contributed by atoms with Crippen LogP contribution in [0.25, 0.3) is 6.08 Å². The predicted octanol–water partition coefficient (Wildman–Crippen LogP) is 6.35. The van der Waals surface area contributed by atoms with Gasteiger partial charge in [0.15, 0.2) is 11.5 Å². The van der Waals surface area contributed by atoms with Crippen LogP contribution >= 0.6 is 22.6 Å². The zero-order valence-electron chi connectivity index (χ0n) is 19.3. The minimum absolute atomic E-state index is 0.0336. The van der Waals surface area contributed by atoms with Crippen LogP contribution in [-0.4, -0.2) is 19.1 Å². The zero-order valence-corrected chi connectivity index (χ0v) is 21.5. The summed E-state index contributed by atoms with van der Waals surface area (Å²) in [5.41, 5.74) is 1.49. The predicted molar refractivity (Wildman–Crippen MR) is 141 cm³/mol. The number of hydrogen-bond donors (Lipinski definition) is 1. The van der Waals surface area contributed by atoms with Crippen molar-refractivity contribution in [2.45, 2.75) is 20.5 Å². The first-order valence-electron chi connectivity index (χ1n) is 10.9. The van der Waals surface area contributed by atoms with Gasteiger partial charge in [-0.1, -0.05) is 18.2 Å². The van der Waals surface area contributed by atoms with Gasteiger partial charge in [0, 0.05) is 11.3 Å². The molecule has 0 aliphatic carbocycles. The molecular weight excluding hydrogens is 562 g/mol. The Kier molecular flexibility index (Phi) is 9.49. The van der Waals surface area contributed by atoms with E-state index < -0.39 is 5.91 Å². The summed E-state index contributed by atoms with van der Waals surface area (Å²) in [6.45, 7) is 4.68. The van der Waals surface area contributed by atoms with Gasteiger partial charge < -0.3 is 19.5 Å². The van der Waals surface area contributed by atoms with Crippen molar-refractivity contribution in [1.29, 1.82) is 5.26 Å². The number of amides is 1.